The maximum Gasteiger partial charge on any atom is 0.212 e. The molecule has 0 aromatic carbocycles. The zero-order valence-corrected chi connectivity index (χ0v) is 72.5. The number of aliphatic imine (C=N–C) groups is 14. The molecular weight excluding hydrogens is 1520 g/mol. The predicted molar refractivity (Wildman–Crippen MR) is 473 cm³/mol. The van der Waals surface area contributed by atoms with E-state index >= 15 is 0 Å². The molecule has 0 aliphatic carbocycles. The van der Waals surface area contributed by atoms with Crippen molar-refractivity contribution in [3.63, 3.8) is 0 Å². The van der Waals surface area contributed by atoms with Crippen molar-refractivity contribution in [3.8, 4) is 0 Å². The largest absolute Gasteiger partial charge is 0.446 e. The highest BCUT2D eigenvalue weighted by atomic mass is 16.4. The molecular formula is C76H117N35O7. The summed E-state index contributed by atoms with van der Waals surface area (Å²) in [4.78, 5) is 75.3. The number of hydrogen-bond acceptors (Lipinski definition) is 38. The maximum atomic E-state index is 5.64. The first-order chi connectivity index (χ1) is 55.9. The van der Waals surface area contributed by atoms with Gasteiger partial charge < -0.3 is 67.7 Å². The van der Waals surface area contributed by atoms with E-state index in [1.807, 2.05) is 294 Å². The van der Waals surface area contributed by atoms with Crippen LogP contribution in [0.4, 0.5) is 41.2 Å². The van der Waals surface area contributed by atoms with Gasteiger partial charge >= 0.3 is 0 Å². The van der Waals surface area contributed by atoms with Gasteiger partial charge in [0.1, 0.15) is 83.5 Å². The van der Waals surface area contributed by atoms with Crippen LogP contribution in [0, 0.1) is 48.5 Å². The monoisotopic (exact) mass is 1630 g/mol. The molecule has 14 rings (SSSR count). The third kappa shape index (κ3) is 26.9. The van der Waals surface area contributed by atoms with Crippen molar-refractivity contribution >= 4 is 125 Å². The Labute approximate surface area is 688 Å². The Bertz CT molecular complexity index is 4920. The van der Waals surface area contributed by atoms with Crippen LogP contribution in [0.25, 0.3) is 0 Å². The maximum absolute atomic E-state index is 5.64. The molecule has 0 fully saturated rings. The van der Waals surface area contributed by atoms with Gasteiger partial charge in [-0.15, -0.1) is 0 Å². The van der Waals surface area contributed by atoms with Crippen LogP contribution in [0.3, 0.4) is 0 Å². The number of hydrogen-bond donors (Lipinski definition) is 13. The highest BCUT2D eigenvalue weighted by Gasteiger charge is 2.28. The molecule has 0 bridgehead atoms. The first kappa shape index (κ1) is 89.7. The molecule has 638 valence electrons. The summed E-state index contributed by atoms with van der Waals surface area (Å²) < 4.78 is 38.4. The molecule has 7 aliphatic heterocycles. The minimum atomic E-state index is -0.176. The second kappa shape index (κ2) is 41.4. The highest BCUT2D eigenvalue weighted by molar-refractivity contribution is 6.11. The van der Waals surface area contributed by atoms with E-state index in [-0.39, 0.29) is 43.2 Å². The van der Waals surface area contributed by atoms with Crippen LogP contribution in [0.15, 0.2) is 186 Å². The van der Waals surface area contributed by atoms with Gasteiger partial charge in [0.25, 0.3) is 0 Å². The molecule has 15 N–H and O–H groups in total. The predicted octanol–water partition coefficient (Wildman–Crippen LogP) is 7.11. The number of aryl methyl sites for hydroxylation is 7. The number of anilines is 7. The van der Waals surface area contributed by atoms with Crippen LogP contribution >= 0.6 is 0 Å². The second-order valence-corrected chi connectivity index (χ2v) is 27.9. The molecule has 0 saturated carbocycles. The molecule has 7 atom stereocenters. The van der Waals surface area contributed by atoms with Crippen molar-refractivity contribution in [2.24, 2.45) is 81.4 Å². The van der Waals surface area contributed by atoms with Crippen LogP contribution in [0.2, 0.25) is 0 Å². The van der Waals surface area contributed by atoms with Crippen molar-refractivity contribution in [2.75, 3.05) is 127 Å². The Kier molecular flexibility index (Phi) is 31.5. The third-order valence-electron chi connectivity index (χ3n) is 16.6. The van der Waals surface area contributed by atoms with Crippen LogP contribution in [0.1, 0.15) is 88.8 Å². The molecule has 0 radical (unpaired) electrons. The zero-order valence-electron chi connectivity index (χ0n) is 72.5. The smallest absolute Gasteiger partial charge is 0.212 e. The summed E-state index contributed by atoms with van der Waals surface area (Å²) in [6.45, 7) is 26.8. The number of nitrogens with two attached hydrogens (primary N) is 2. The Morgan fingerprint density at radius 2 is 0.636 bits per heavy atom. The van der Waals surface area contributed by atoms with Gasteiger partial charge in [0, 0.05) is 134 Å². The fourth-order valence-corrected chi connectivity index (χ4v) is 10.9. The van der Waals surface area contributed by atoms with Gasteiger partial charge in [-0.1, -0.05) is 0 Å². The first-order valence-electron chi connectivity index (χ1n) is 37.9. The van der Waals surface area contributed by atoms with Crippen molar-refractivity contribution in [2.45, 2.75) is 140 Å². The van der Waals surface area contributed by atoms with Crippen molar-refractivity contribution in [3.05, 3.63) is 125 Å². The van der Waals surface area contributed by atoms with Gasteiger partial charge in [-0.25, -0.2) is 59.9 Å². The summed E-state index contributed by atoms with van der Waals surface area (Å²) in [5.41, 5.74) is 11.2. The Balaban J connectivity index is 0.000000172. The van der Waals surface area contributed by atoms with Crippen LogP contribution in [-0.4, -0.2) is 238 Å². The van der Waals surface area contributed by atoms with Crippen molar-refractivity contribution in [1.82, 2.24) is 62.1 Å². The molecule has 42 heteroatoms. The van der Waals surface area contributed by atoms with E-state index in [0.717, 1.165) is 87.8 Å². The fourth-order valence-electron chi connectivity index (χ4n) is 10.9. The van der Waals surface area contributed by atoms with Gasteiger partial charge in [0.2, 0.25) is 83.1 Å². The normalized spacial score (nSPS) is 20.1. The quantitative estimate of drug-likeness (QED) is 0.0756. The molecule has 118 heavy (non-hydrogen) atoms. The minimum absolute atomic E-state index is 0.0107. The SMILES string of the molecule is CN=C1NC(N(C)c2ccc(C)o2)=NC(C)N1.CN=C1NC(Nc2ccc(C)o2)=NC(C)N1.Cc1ccc(N(C)C2=NC(C)N=C(N(C)C)N2)o1.Cc1ccc(N(C)C2=NC(C)N=C(N(C)C)N2C)o1.Cc1ccc(N(C)C2=NC(C)N=C(N)N2)o1.Cc1ccc(NC2=NC(C)N=C(N(C)C)N2)o1.Cc1ccc(NC2=NC(C)N=C(N)N2)o1. The lowest BCUT2D eigenvalue weighted by molar-refractivity contribution is 0.491. The molecule has 7 unspecified atom stereocenters. The lowest BCUT2D eigenvalue weighted by Crippen LogP contribution is -2.54. The summed E-state index contributed by atoms with van der Waals surface area (Å²) in [6.07, 6.45) is -0.673. The van der Waals surface area contributed by atoms with E-state index in [0.29, 0.717) is 77.2 Å². The Morgan fingerprint density at radius 1 is 0.322 bits per heavy atom. The summed E-state index contributed by atoms with van der Waals surface area (Å²) in [6, 6.07) is 26.6. The number of guanidine groups is 14. The average molecular weight is 1630 g/mol. The number of nitrogens with zero attached hydrogens (tertiary/aromatic N) is 22. The molecule has 7 aromatic heterocycles. The van der Waals surface area contributed by atoms with E-state index in [1.54, 1.807) is 19.0 Å². The van der Waals surface area contributed by atoms with Crippen LogP contribution in [0.5, 0.6) is 0 Å². The molecule has 0 spiro atoms. The zero-order chi connectivity index (χ0) is 86.4. The highest BCUT2D eigenvalue weighted by Crippen LogP contribution is 2.24. The van der Waals surface area contributed by atoms with E-state index in [2.05, 4.69) is 128 Å². The van der Waals surface area contributed by atoms with Crippen LogP contribution in [-0.2, 0) is 0 Å². The van der Waals surface area contributed by atoms with E-state index in [4.69, 9.17) is 42.4 Å². The van der Waals surface area contributed by atoms with E-state index < -0.39 is 0 Å². The van der Waals surface area contributed by atoms with Crippen molar-refractivity contribution in [1.29, 1.82) is 0 Å². The lowest BCUT2D eigenvalue weighted by Gasteiger charge is -2.34. The molecule has 7 aliphatic rings. The molecule has 42 nitrogen and oxygen atoms in total. The molecule has 0 amide bonds. The van der Waals surface area contributed by atoms with Gasteiger partial charge in [-0.2, -0.15) is 0 Å². The van der Waals surface area contributed by atoms with Gasteiger partial charge in [0.05, 0.1) is 0 Å². The van der Waals surface area contributed by atoms with E-state index in [9.17, 15) is 0 Å². The number of furan rings is 7. The average Bonchev–Trinajstić information content (AvgIpc) is 1.48. The summed E-state index contributed by atoms with van der Waals surface area (Å²) in [5, 5.41) is 33.4. The lowest BCUT2D eigenvalue weighted by atomic mass is 10.4. The molecule has 7 aromatic rings. The summed E-state index contributed by atoms with van der Waals surface area (Å²) in [5.74, 6) is 20.3. The second-order valence-electron chi connectivity index (χ2n) is 27.9. The minimum Gasteiger partial charge on any atom is -0.446 e. The first-order valence-corrected chi connectivity index (χ1v) is 37.9. The van der Waals surface area contributed by atoms with E-state index in [1.165, 1.54) is 0 Å². The summed E-state index contributed by atoms with van der Waals surface area (Å²) in [7, 11) is 24.7. The standard InChI is InChI=1S/C13H21N5O.C12H19N5O.2C11H17N5O.2C10H15N5O.C9H13N5O/c1-9-7-8-11(19-9)17(5)13-15-10(2)14-12(16(3)4)18(13)6;1-8-6-7-10(18-8)17(5)12-14-9(2)13-11(15-12)16(3)4;1-7-5-6-9(17-7)14-10-12-8(2)13-11(15-10)16(3)4;1-7-5-6-9(17-7)16(4)11-14-8(2)13-10(12-3)15-11;1-6-4-5-8(16-6)15(3)10-13-7(2)12-9(11)14-10;1-6-4-5-8(16-6)14-10-13-7(2)12-9(11-3)15-10;1-5-3-4-7(15-5)13-9-12-6(2)11-8(10)14-9/h7-8,10H,1-6H3;6-7,9H,1-5H3,(H,13,14,15);2*5-6,8H,1-4H3,(H2,12,13,14,15);4-5,7H,1-3H3,(H3,11,12,13,14);4-5,7H,1-3H3,(H3,11,12,13,14,15);3-4,6H,1-2H3,(H4,10,11,12,13,14). The van der Waals surface area contributed by atoms with Gasteiger partial charge in [-0.05, 0) is 139 Å². The van der Waals surface area contributed by atoms with Crippen LogP contribution < -0.4 is 89.6 Å². The fraction of sp³-hybridized carbons (Fsp3) is 0.447. The number of rotatable bonds is 7. The van der Waals surface area contributed by atoms with Crippen molar-refractivity contribution < 1.29 is 30.9 Å². The molecule has 14 heterocycles. The summed E-state index contributed by atoms with van der Waals surface area (Å²) >= 11 is 0. The Morgan fingerprint density at radius 3 is 1.02 bits per heavy atom. The molecule has 0 saturated heterocycles. The number of nitrogens with one attached hydrogen (secondary N) is 11. The van der Waals surface area contributed by atoms with Gasteiger partial charge in [-0.3, -0.25) is 82.3 Å². The third-order valence-corrected chi connectivity index (χ3v) is 16.6. The Hall–Kier alpha value is -13.9. The van der Waals surface area contributed by atoms with Gasteiger partial charge in [0.15, 0.2) is 41.5 Å². The topological polar surface area (TPSA) is 475 Å².